The summed E-state index contributed by atoms with van der Waals surface area (Å²) in [5.74, 6) is -0.106. The average molecular weight is 375 g/mol. The van der Waals surface area contributed by atoms with Crippen molar-refractivity contribution < 1.29 is 9.53 Å². The van der Waals surface area contributed by atoms with Crippen LogP contribution in [0.2, 0.25) is 0 Å². The van der Waals surface area contributed by atoms with E-state index in [0.717, 1.165) is 35.4 Å². The normalized spacial score (nSPS) is 17.3. The summed E-state index contributed by atoms with van der Waals surface area (Å²) >= 11 is 3.37. The van der Waals surface area contributed by atoms with Crippen LogP contribution >= 0.6 is 15.9 Å². The lowest BCUT2D eigenvalue weighted by atomic mass is 10.2. The lowest BCUT2D eigenvalue weighted by Gasteiger charge is -2.18. The molecule has 2 aromatic carbocycles. The van der Waals surface area contributed by atoms with Crippen LogP contribution in [0.5, 0.6) is 0 Å². The second-order valence-electron chi connectivity index (χ2n) is 5.60. The Morgan fingerprint density at radius 3 is 2.48 bits per heavy atom. The summed E-state index contributed by atoms with van der Waals surface area (Å²) in [5, 5.41) is 2.92. The Kier molecular flexibility index (Phi) is 4.98. The zero-order valence-electron chi connectivity index (χ0n) is 13.0. The third-order valence-corrected chi connectivity index (χ3v) is 4.60. The molecule has 1 N–H and O–H groups in total. The van der Waals surface area contributed by atoms with E-state index in [4.69, 9.17) is 4.74 Å². The Morgan fingerprint density at radius 1 is 1.17 bits per heavy atom. The van der Waals surface area contributed by atoms with E-state index < -0.39 is 0 Å². The highest BCUT2D eigenvalue weighted by atomic mass is 79.9. The van der Waals surface area contributed by atoms with Crippen molar-refractivity contribution in [2.45, 2.75) is 12.5 Å². The van der Waals surface area contributed by atoms with Gasteiger partial charge in [0.25, 0.3) is 5.91 Å². The molecule has 2 aromatic rings. The predicted molar refractivity (Wildman–Crippen MR) is 96.2 cm³/mol. The molecule has 0 saturated carbocycles. The first kappa shape index (κ1) is 16.0. The maximum atomic E-state index is 12.2. The Morgan fingerprint density at radius 2 is 1.87 bits per heavy atom. The summed E-state index contributed by atoms with van der Waals surface area (Å²) in [4.78, 5) is 14.5. The highest BCUT2D eigenvalue weighted by Gasteiger charge is 2.22. The van der Waals surface area contributed by atoms with Crippen LogP contribution in [0.25, 0.3) is 0 Å². The number of nitrogens with zero attached hydrogens (tertiary/aromatic N) is 1. The van der Waals surface area contributed by atoms with Crippen LogP contribution in [-0.4, -0.2) is 32.2 Å². The summed E-state index contributed by atoms with van der Waals surface area (Å²) in [7, 11) is 1.76. The fraction of sp³-hybridized carbons (Fsp3) is 0.278. The van der Waals surface area contributed by atoms with E-state index in [2.05, 4.69) is 26.1 Å². The van der Waals surface area contributed by atoms with Gasteiger partial charge in [-0.05, 0) is 55.0 Å². The van der Waals surface area contributed by atoms with Gasteiger partial charge in [-0.25, -0.2) is 0 Å². The van der Waals surface area contributed by atoms with Gasteiger partial charge in [-0.1, -0.05) is 15.9 Å². The number of ether oxygens (including phenoxy) is 1. The van der Waals surface area contributed by atoms with Crippen molar-refractivity contribution in [1.29, 1.82) is 0 Å². The average Bonchev–Trinajstić information content (AvgIpc) is 3.05. The van der Waals surface area contributed by atoms with E-state index in [-0.39, 0.29) is 5.91 Å². The van der Waals surface area contributed by atoms with Crippen molar-refractivity contribution in [3.63, 3.8) is 0 Å². The number of hydrogen-bond acceptors (Lipinski definition) is 3. The maximum Gasteiger partial charge on any atom is 0.255 e. The third-order valence-electron chi connectivity index (χ3n) is 4.08. The molecule has 1 aliphatic rings. The molecule has 0 radical (unpaired) electrons. The van der Waals surface area contributed by atoms with E-state index in [9.17, 15) is 4.79 Å². The molecule has 1 atom stereocenters. The minimum absolute atomic E-state index is 0.106. The summed E-state index contributed by atoms with van der Waals surface area (Å²) in [6, 6.07) is 15.3. The van der Waals surface area contributed by atoms with Gasteiger partial charge < -0.3 is 15.0 Å². The summed E-state index contributed by atoms with van der Waals surface area (Å²) in [6.07, 6.45) is 1.37. The zero-order chi connectivity index (χ0) is 16.2. The van der Waals surface area contributed by atoms with E-state index in [1.54, 1.807) is 19.2 Å². The van der Waals surface area contributed by atoms with Crippen LogP contribution in [0.1, 0.15) is 16.8 Å². The highest BCUT2D eigenvalue weighted by Crippen LogP contribution is 2.23. The first-order valence-corrected chi connectivity index (χ1v) is 8.40. The van der Waals surface area contributed by atoms with E-state index in [0.29, 0.717) is 11.7 Å². The molecule has 23 heavy (non-hydrogen) atoms. The first-order chi connectivity index (χ1) is 11.2. The molecule has 0 bridgehead atoms. The van der Waals surface area contributed by atoms with Gasteiger partial charge in [0, 0.05) is 41.6 Å². The van der Waals surface area contributed by atoms with Gasteiger partial charge in [0.15, 0.2) is 0 Å². The second kappa shape index (κ2) is 7.15. The molecule has 0 aliphatic carbocycles. The molecule has 120 valence electrons. The number of carbonyl (C=O) groups excluding carboxylic acids is 1. The molecule has 3 rings (SSSR count). The number of benzene rings is 2. The zero-order valence-corrected chi connectivity index (χ0v) is 14.5. The van der Waals surface area contributed by atoms with Gasteiger partial charge in [0.05, 0.1) is 6.10 Å². The molecule has 1 fully saturated rings. The van der Waals surface area contributed by atoms with Gasteiger partial charge in [-0.2, -0.15) is 0 Å². The highest BCUT2D eigenvalue weighted by molar-refractivity contribution is 9.10. The minimum Gasteiger partial charge on any atom is -0.380 e. The van der Waals surface area contributed by atoms with Crippen LogP contribution in [-0.2, 0) is 4.74 Å². The lowest BCUT2D eigenvalue weighted by Crippen LogP contribution is -2.22. The van der Waals surface area contributed by atoms with Gasteiger partial charge in [0.2, 0.25) is 0 Å². The number of anilines is 2. The topological polar surface area (TPSA) is 41.6 Å². The van der Waals surface area contributed by atoms with Crippen LogP contribution in [0.3, 0.4) is 0 Å². The number of carbonyl (C=O) groups is 1. The monoisotopic (exact) mass is 374 g/mol. The minimum atomic E-state index is -0.106. The standard InChI is InChI=1S/C18H19BrN2O2/c1-23-17-10-11-21(12-17)16-8-6-15(7-9-16)20-18(22)13-2-4-14(19)5-3-13/h2-9,17H,10-12H2,1H3,(H,20,22). The largest absolute Gasteiger partial charge is 0.380 e. The van der Waals surface area contributed by atoms with Crippen LogP contribution < -0.4 is 10.2 Å². The molecule has 1 unspecified atom stereocenters. The number of halogens is 1. The predicted octanol–water partition coefficient (Wildman–Crippen LogP) is 3.93. The molecule has 1 heterocycles. The SMILES string of the molecule is COC1CCN(c2ccc(NC(=O)c3ccc(Br)cc3)cc2)C1. The van der Waals surface area contributed by atoms with Gasteiger partial charge in [-0.15, -0.1) is 0 Å². The summed E-state index contributed by atoms with van der Waals surface area (Å²) < 4.78 is 6.35. The molecular formula is C18H19BrN2O2. The molecule has 1 amide bonds. The van der Waals surface area contributed by atoms with Crippen molar-refractivity contribution in [2.24, 2.45) is 0 Å². The van der Waals surface area contributed by atoms with Crippen molar-refractivity contribution in [3.8, 4) is 0 Å². The van der Waals surface area contributed by atoms with Crippen LogP contribution in [0.15, 0.2) is 53.0 Å². The number of nitrogens with one attached hydrogen (secondary N) is 1. The number of amides is 1. The maximum absolute atomic E-state index is 12.2. The van der Waals surface area contributed by atoms with E-state index >= 15 is 0 Å². The van der Waals surface area contributed by atoms with Gasteiger partial charge >= 0.3 is 0 Å². The number of rotatable bonds is 4. The van der Waals surface area contributed by atoms with E-state index in [1.165, 1.54) is 0 Å². The summed E-state index contributed by atoms with van der Waals surface area (Å²) in [5.41, 5.74) is 2.59. The van der Waals surface area contributed by atoms with E-state index in [1.807, 2.05) is 36.4 Å². The number of hydrogen-bond donors (Lipinski definition) is 1. The lowest BCUT2D eigenvalue weighted by molar-refractivity contribution is 0.102. The third kappa shape index (κ3) is 3.92. The fourth-order valence-electron chi connectivity index (χ4n) is 2.72. The molecule has 5 heteroatoms. The van der Waals surface area contributed by atoms with Crippen LogP contribution in [0.4, 0.5) is 11.4 Å². The van der Waals surface area contributed by atoms with Gasteiger partial charge in [-0.3, -0.25) is 4.79 Å². The Labute approximate surface area is 144 Å². The first-order valence-electron chi connectivity index (χ1n) is 7.60. The molecule has 4 nitrogen and oxygen atoms in total. The Bertz CT molecular complexity index is 670. The smallest absolute Gasteiger partial charge is 0.255 e. The molecule has 1 aliphatic heterocycles. The molecular weight excluding hydrogens is 356 g/mol. The van der Waals surface area contributed by atoms with Gasteiger partial charge in [0.1, 0.15) is 0 Å². The Hall–Kier alpha value is -1.85. The molecule has 0 spiro atoms. The van der Waals surface area contributed by atoms with Crippen molar-refractivity contribution in [3.05, 3.63) is 58.6 Å². The van der Waals surface area contributed by atoms with Crippen LogP contribution in [0, 0.1) is 0 Å². The fourth-order valence-corrected chi connectivity index (χ4v) is 2.98. The molecule has 1 saturated heterocycles. The molecule has 0 aromatic heterocycles. The van der Waals surface area contributed by atoms with Crippen molar-refractivity contribution in [1.82, 2.24) is 0 Å². The van der Waals surface area contributed by atoms with Crippen molar-refractivity contribution >= 4 is 33.2 Å². The van der Waals surface area contributed by atoms with Crippen molar-refractivity contribution in [2.75, 3.05) is 30.4 Å². The Balaban J connectivity index is 1.63. The summed E-state index contributed by atoms with van der Waals surface area (Å²) in [6.45, 7) is 1.92. The number of methoxy groups -OCH3 is 1. The quantitative estimate of drug-likeness (QED) is 0.881. The second-order valence-corrected chi connectivity index (χ2v) is 6.52.